The minimum absolute atomic E-state index is 0.314. The molecular weight excluding hydrogens is 122 g/mol. The Morgan fingerprint density at radius 2 is 1.70 bits per heavy atom. The molecule has 0 amide bonds. The molecule has 0 heterocycles. The fourth-order valence-corrected chi connectivity index (χ4v) is 1.92. The van der Waals surface area contributed by atoms with Gasteiger partial charge in [0, 0.05) is 11.8 Å². The highest BCUT2D eigenvalue weighted by molar-refractivity contribution is 4.90. The molecule has 0 aliphatic heterocycles. The molecule has 1 heteroatoms. The summed E-state index contributed by atoms with van der Waals surface area (Å²) in [5.41, 5.74) is 0. The third kappa shape index (κ3) is 1.31. The van der Waals surface area contributed by atoms with Gasteiger partial charge in [0.1, 0.15) is 0 Å². The second kappa shape index (κ2) is 3.05. The lowest BCUT2D eigenvalue weighted by atomic mass is 9.79. The fraction of sp³-hybridized carbons (Fsp3) is 0.889. The Kier molecular flexibility index (Phi) is 2.32. The first-order valence-corrected chi connectivity index (χ1v) is 4.12. The molecule has 0 aromatic rings. The van der Waals surface area contributed by atoms with Crippen LogP contribution in [0.5, 0.6) is 0 Å². The molecule has 0 saturated heterocycles. The molecule has 0 spiro atoms. The quantitative estimate of drug-likeness (QED) is 0.452. The molecule has 2 unspecified atom stereocenters. The smallest absolute Gasteiger partial charge is 0.228 e. The summed E-state index contributed by atoms with van der Waals surface area (Å²) in [7, 11) is 0. The Morgan fingerprint density at radius 1 is 1.20 bits per heavy atom. The summed E-state index contributed by atoms with van der Waals surface area (Å²) in [5.74, 6) is 1.28. The molecule has 0 aromatic carbocycles. The van der Waals surface area contributed by atoms with Gasteiger partial charge in [-0.1, -0.05) is 20.3 Å². The van der Waals surface area contributed by atoms with Crippen molar-refractivity contribution in [3.63, 3.8) is 0 Å². The maximum atomic E-state index is 6.98. The predicted molar refractivity (Wildman–Crippen MR) is 42.6 cm³/mol. The summed E-state index contributed by atoms with van der Waals surface area (Å²) in [6, 6.07) is 0.314. The van der Waals surface area contributed by atoms with Gasteiger partial charge in [-0.25, -0.2) is 6.57 Å². The van der Waals surface area contributed by atoms with E-state index in [0.717, 1.165) is 0 Å². The summed E-state index contributed by atoms with van der Waals surface area (Å²) >= 11 is 0. The van der Waals surface area contributed by atoms with E-state index in [2.05, 4.69) is 18.7 Å². The van der Waals surface area contributed by atoms with Crippen molar-refractivity contribution < 1.29 is 0 Å². The van der Waals surface area contributed by atoms with Gasteiger partial charge in [0.15, 0.2) is 0 Å². The molecule has 10 heavy (non-hydrogen) atoms. The fourth-order valence-electron chi connectivity index (χ4n) is 1.92. The van der Waals surface area contributed by atoms with Crippen molar-refractivity contribution in [2.45, 2.75) is 39.2 Å². The normalized spacial score (nSPS) is 40.7. The second-order valence-electron chi connectivity index (χ2n) is 3.51. The average Bonchev–Trinajstić information content (AvgIpc) is 1.88. The van der Waals surface area contributed by atoms with E-state index in [1.165, 1.54) is 19.3 Å². The molecule has 1 fully saturated rings. The van der Waals surface area contributed by atoms with Crippen LogP contribution < -0.4 is 0 Å². The van der Waals surface area contributed by atoms with Crippen LogP contribution in [0.25, 0.3) is 4.85 Å². The molecular formula is C9H15N. The Morgan fingerprint density at radius 3 is 2.00 bits per heavy atom. The summed E-state index contributed by atoms with van der Waals surface area (Å²) < 4.78 is 0. The first-order valence-electron chi connectivity index (χ1n) is 4.12. The van der Waals surface area contributed by atoms with Crippen molar-refractivity contribution in [2.75, 3.05) is 0 Å². The van der Waals surface area contributed by atoms with Crippen LogP contribution in [0, 0.1) is 18.4 Å². The molecule has 2 atom stereocenters. The second-order valence-corrected chi connectivity index (χ2v) is 3.51. The highest BCUT2D eigenvalue weighted by Crippen LogP contribution is 2.30. The number of hydrogen-bond donors (Lipinski definition) is 0. The van der Waals surface area contributed by atoms with Gasteiger partial charge in [-0.15, -0.1) is 0 Å². The number of nitrogens with zero attached hydrogens (tertiary/aromatic N) is 1. The van der Waals surface area contributed by atoms with Gasteiger partial charge in [0.25, 0.3) is 0 Å². The van der Waals surface area contributed by atoms with Crippen molar-refractivity contribution in [1.29, 1.82) is 0 Å². The van der Waals surface area contributed by atoms with Gasteiger partial charge in [-0.3, -0.25) is 0 Å². The summed E-state index contributed by atoms with van der Waals surface area (Å²) in [5, 5.41) is 0. The van der Waals surface area contributed by atoms with E-state index >= 15 is 0 Å². The van der Waals surface area contributed by atoms with Crippen molar-refractivity contribution in [1.82, 2.24) is 0 Å². The average molecular weight is 137 g/mol. The van der Waals surface area contributed by atoms with Gasteiger partial charge in [0.2, 0.25) is 6.04 Å². The SMILES string of the molecule is [C-]#[N+]C1C(C)CCCC1C. The molecule has 1 aliphatic carbocycles. The monoisotopic (exact) mass is 137 g/mol. The topological polar surface area (TPSA) is 4.36 Å². The van der Waals surface area contributed by atoms with Crippen LogP contribution in [0.1, 0.15) is 33.1 Å². The summed E-state index contributed by atoms with van der Waals surface area (Å²) in [6.07, 6.45) is 3.85. The van der Waals surface area contributed by atoms with E-state index in [1.54, 1.807) is 0 Å². The maximum Gasteiger partial charge on any atom is 0.228 e. The highest BCUT2D eigenvalue weighted by Gasteiger charge is 2.31. The maximum absolute atomic E-state index is 6.98. The minimum Gasteiger partial charge on any atom is -0.313 e. The molecule has 1 rings (SSSR count). The minimum atomic E-state index is 0.314. The van der Waals surface area contributed by atoms with Crippen LogP contribution in [-0.4, -0.2) is 6.04 Å². The van der Waals surface area contributed by atoms with Crippen LogP contribution in [0.15, 0.2) is 0 Å². The van der Waals surface area contributed by atoms with Crippen molar-refractivity contribution in [3.05, 3.63) is 11.4 Å². The van der Waals surface area contributed by atoms with Crippen LogP contribution in [0.2, 0.25) is 0 Å². The summed E-state index contributed by atoms with van der Waals surface area (Å²) in [4.78, 5) is 3.66. The third-order valence-corrected chi connectivity index (χ3v) is 2.63. The lowest BCUT2D eigenvalue weighted by Gasteiger charge is -2.25. The molecule has 0 N–H and O–H groups in total. The molecule has 1 saturated carbocycles. The van der Waals surface area contributed by atoms with Crippen LogP contribution in [-0.2, 0) is 0 Å². The standard InChI is InChI=1S/C9H15N/c1-7-5-4-6-8(2)9(7)10-3/h7-9H,4-6H2,1-2H3. The van der Waals surface area contributed by atoms with Crippen LogP contribution in [0.3, 0.4) is 0 Å². The first kappa shape index (κ1) is 7.60. The van der Waals surface area contributed by atoms with E-state index in [9.17, 15) is 0 Å². The van der Waals surface area contributed by atoms with Gasteiger partial charge < -0.3 is 4.85 Å². The van der Waals surface area contributed by atoms with Gasteiger partial charge >= 0.3 is 0 Å². The van der Waals surface area contributed by atoms with Gasteiger partial charge in [0.05, 0.1) is 0 Å². The molecule has 1 aliphatic rings. The van der Waals surface area contributed by atoms with Gasteiger partial charge in [-0.05, 0) is 12.8 Å². The lowest BCUT2D eigenvalue weighted by Crippen LogP contribution is -2.26. The molecule has 0 aromatic heterocycles. The number of hydrogen-bond acceptors (Lipinski definition) is 0. The third-order valence-electron chi connectivity index (χ3n) is 2.63. The van der Waals surface area contributed by atoms with E-state index in [1.807, 2.05) is 0 Å². The van der Waals surface area contributed by atoms with E-state index in [-0.39, 0.29) is 0 Å². The van der Waals surface area contributed by atoms with Crippen molar-refractivity contribution in [3.8, 4) is 0 Å². The van der Waals surface area contributed by atoms with Crippen molar-refractivity contribution in [2.24, 2.45) is 11.8 Å². The zero-order chi connectivity index (χ0) is 7.56. The Balaban J connectivity index is 2.56. The van der Waals surface area contributed by atoms with E-state index in [0.29, 0.717) is 17.9 Å². The molecule has 0 radical (unpaired) electrons. The lowest BCUT2D eigenvalue weighted by molar-refractivity contribution is 0.282. The number of rotatable bonds is 0. The largest absolute Gasteiger partial charge is 0.313 e. The first-order chi connectivity index (χ1) is 4.75. The Labute approximate surface area is 63.3 Å². The zero-order valence-corrected chi connectivity index (χ0v) is 6.80. The molecule has 0 bridgehead atoms. The van der Waals surface area contributed by atoms with Gasteiger partial charge in [-0.2, -0.15) is 0 Å². The molecule has 1 nitrogen and oxygen atoms in total. The van der Waals surface area contributed by atoms with Crippen LogP contribution >= 0.6 is 0 Å². The van der Waals surface area contributed by atoms with E-state index in [4.69, 9.17) is 6.57 Å². The van der Waals surface area contributed by atoms with E-state index < -0.39 is 0 Å². The molecule has 56 valence electrons. The Bertz CT molecular complexity index is 135. The highest BCUT2D eigenvalue weighted by atomic mass is 14.7. The Hall–Kier alpha value is -0.510. The van der Waals surface area contributed by atoms with Crippen molar-refractivity contribution >= 4 is 0 Å². The van der Waals surface area contributed by atoms with Crippen LogP contribution in [0.4, 0.5) is 0 Å². The zero-order valence-electron chi connectivity index (χ0n) is 6.80. The summed E-state index contributed by atoms with van der Waals surface area (Å²) in [6.45, 7) is 11.4. The predicted octanol–water partition coefficient (Wildman–Crippen LogP) is 2.73.